The highest BCUT2D eigenvalue weighted by Gasteiger charge is 2.34. The van der Waals surface area contributed by atoms with Gasteiger partial charge in [0.2, 0.25) is 0 Å². The lowest BCUT2D eigenvalue weighted by atomic mass is 10.2. The van der Waals surface area contributed by atoms with Gasteiger partial charge in [-0.25, -0.2) is 9.97 Å². The summed E-state index contributed by atoms with van der Waals surface area (Å²) in [5.74, 6) is -0.216. The molecule has 9 heteroatoms. The highest BCUT2D eigenvalue weighted by molar-refractivity contribution is 5.85. The molecule has 25 heavy (non-hydrogen) atoms. The Kier molecular flexibility index (Phi) is 5.43. The van der Waals surface area contributed by atoms with Crippen molar-refractivity contribution in [3.05, 3.63) is 60.4 Å². The molecule has 0 aliphatic rings. The standard InChI is InChI=1S/C16H11F3N4O.ClH/c17-16(18,19)13-9-14(21-10-4-3-5-11(24)8-10)23-15(22-13)12-6-1-2-7-20-12;/h1-9,24H,(H,21,22,23);1H. The number of anilines is 2. The number of hydrogen-bond donors (Lipinski definition) is 2. The summed E-state index contributed by atoms with van der Waals surface area (Å²) in [5.41, 5.74) is -0.461. The predicted octanol–water partition coefficient (Wildman–Crippen LogP) is 4.43. The molecule has 3 aromatic rings. The van der Waals surface area contributed by atoms with E-state index in [1.165, 1.54) is 24.4 Å². The zero-order valence-electron chi connectivity index (χ0n) is 12.5. The summed E-state index contributed by atoms with van der Waals surface area (Å²) >= 11 is 0. The van der Waals surface area contributed by atoms with Gasteiger partial charge in [0.25, 0.3) is 0 Å². The van der Waals surface area contributed by atoms with Gasteiger partial charge in [-0.3, -0.25) is 4.98 Å². The van der Waals surface area contributed by atoms with Crippen LogP contribution in [0.2, 0.25) is 0 Å². The monoisotopic (exact) mass is 368 g/mol. The molecule has 0 amide bonds. The quantitative estimate of drug-likeness (QED) is 0.715. The number of pyridine rings is 1. The minimum absolute atomic E-state index is 0. The second-order valence-electron chi connectivity index (χ2n) is 4.85. The van der Waals surface area contributed by atoms with Crippen LogP contribution in [0.15, 0.2) is 54.7 Å². The van der Waals surface area contributed by atoms with Crippen molar-refractivity contribution in [3.63, 3.8) is 0 Å². The van der Waals surface area contributed by atoms with Gasteiger partial charge in [-0.05, 0) is 24.3 Å². The van der Waals surface area contributed by atoms with Crippen molar-refractivity contribution < 1.29 is 18.3 Å². The van der Waals surface area contributed by atoms with Crippen LogP contribution in [0.5, 0.6) is 5.75 Å². The molecular weight excluding hydrogens is 357 g/mol. The van der Waals surface area contributed by atoms with Gasteiger partial charge < -0.3 is 10.4 Å². The number of phenolic OH excluding ortho intramolecular Hbond substituents is 1. The number of rotatable bonds is 3. The van der Waals surface area contributed by atoms with Crippen LogP contribution in [-0.4, -0.2) is 20.1 Å². The van der Waals surface area contributed by atoms with Crippen LogP contribution in [0.3, 0.4) is 0 Å². The van der Waals surface area contributed by atoms with Crippen LogP contribution in [0, 0.1) is 0 Å². The second kappa shape index (κ2) is 7.35. The zero-order valence-corrected chi connectivity index (χ0v) is 13.3. The summed E-state index contributed by atoms with van der Waals surface area (Å²) in [6.45, 7) is 0. The van der Waals surface area contributed by atoms with E-state index in [4.69, 9.17) is 0 Å². The Bertz CT molecular complexity index is 859. The molecule has 3 rings (SSSR count). The van der Waals surface area contributed by atoms with Crippen molar-refractivity contribution in [1.82, 2.24) is 15.0 Å². The topological polar surface area (TPSA) is 70.9 Å². The van der Waals surface area contributed by atoms with E-state index in [1.807, 2.05) is 0 Å². The van der Waals surface area contributed by atoms with Gasteiger partial charge in [0, 0.05) is 24.0 Å². The van der Waals surface area contributed by atoms with E-state index in [0.717, 1.165) is 6.07 Å². The maximum Gasteiger partial charge on any atom is 0.433 e. The predicted molar refractivity (Wildman–Crippen MR) is 88.9 cm³/mol. The van der Waals surface area contributed by atoms with E-state index in [1.54, 1.807) is 24.3 Å². The highest BCUT2D eigenvalue weighted by atomic mass is 35.5. The second-order valence-corrected chi connectivity index (χ2v) is 4.85. The summed E-state index contributed by atoms with van der Waals surface area (Å²) in [6, 6.07) is 11.6. The lowest BCUT2D eigenvalue weighted by molar-refractivity contribution is -0.141. The van der Waals surface area contributed by atoms with E-state index in [9.17, 15) is 18.3 Å². The summed E-state index contributed by atoms with van der Waals surface area (Å²) in [5, 5.41) is 12.2. The smallest absolute Gasteiger partial charge is 0.433 e. The Hall–Kier alpha value is -2.87. The van der Waals surface area contributed by atoms with Crippen LogP contribution in [0.4, 0.5) is 24.7 Å². The number of phenols is 1. The number of halogens is 4. The first-order valence-electron chi connectivity index (χ1n) is 6.85. The van der Waals surface area contributed by atoms with Crippen molar-refractivity contribution >= 4 is 23.9 Å². The number of aromatic hydroxyl groups is 1. The summed E-state index contributed by atoms with van der Waals surface area (Å²) in [6.07, 6.45) is -3.18. The zero-order chi connectivity index (χ0) is 17.2. The molecular formula is C16H12ClF3N4O. The first-order chi connectivity index (χ1) is 11.4. The third kappa shape index (κ3) is 4.57. The van der Waals surface area contributed by atoms with Gasteiger partial charge in [0.15, 0.2) is 11.5 Å². The molecule has 0 aliphatic carbocycles. The van der Waals surface area contributed by atoms with Gasteiger partial charge in [-0.1, -0.05) is 12.1 Å². The van der Waals surface area contributed by atoms with E-state index in [2.05, 4.69) is 20.3 Å². The maximum absolute atomic E-state index is 13.1. The van der Waals surface area contributed by atoms with Gasteiger partial charge in [-0.2, -0.15) is 13.2 Å². The van der Waals surface area contributed by atoms with Crippen LogP contribution in [-0.2, 0) is 6.18 Å². The largest absolute Gasteiger partial charge is 0.508 e. The number of hydrogen-bond acceptors (Lipinski definition) is 5. The lowest BCUT2D eigenvalue weighted by Gasteiger charge is -2.12. The molecule has 1 aromatic carbocycles. The fraction of sp³-hybridized carbons (Fsp3) is 0.0625. The Morgan fingerprint density at radius 3 is 2.40 bits per heavy atom. The SMILES string of the molecule is Cl.Oc1cccc(Nc2cc(C(F)(F)F)nc(-c3ccccn3)n2)c1. The molecule has 2 aromatic heterocycles. The van der Waals surface area contributed by atoms with Gasteiger partial charge in [0.05, 0.1) is 0 Å². The van der Waals surface area contributed by atoms with Gasteiger partial charge in [0.1, 0.15) is 17.3 Å². The van der Waals surface area contributed by atoms with Gasteiger partial charge >= 0.3 is 6.18 Å². The Morgan fingerprint density at radius 2 is 1.76 bits per heavy atom. The minimum atomic E-state index is -4.62. The third-order valence-electron chi connectivity index (χ3n) is 3.03. The van der Waals surface area contributed by atoms with Crippen molar-refractivity contribution in [1.29, 1.82) is 0 Å². The molecule has 5 nitrogen and oxygen atoms in total. The molecule has 0 unspecified atom stereocenters. The molecule has 0 saturated heterocycles. The van der Waals surface area contributed by atoms with Crippen LogP contribution < -0.4 is 5.32 Å². The number of benzene rings is 1. The fourth-order valence-corrected chi connectivity index (χ4v) is 2.00. The average molecular weight is 369 g/mol. The average Bonchev–Trinajstić information content (AvgIpc) is 2.54. The first-order valence-corrected chi connectivity index (χ1v) is 6.85. The first kappa shape index (κ1) is 18.5. The molecule has 0 atom stereocenters. The van der Waals surface area contributed by atoms with Crippen molar-refractivity contribution in [3.8, 4) is 17.3 Å². The van der Waals surface area contributed by atoms with Crippen LogP contribution in [0.1, 0.15) is 5.69 Å². The Labute approximate surface area is 147 Å². The maximum atomic E-state index is 13.1. The molecule has 2 N–H and O–H groups in total. The van der Waals surface area contributed by atoms with Crippen molar-refractivity contribution in [2.24, 2.45) is 0 Å². The van der Waals surface area contributed by atoms with Crippen molar-refractivity contribution in [2.45, 2.75) is 6.18 Å². The van der Waals surface area contributed by atoms with Gasteiger partial charge in [-0.15, -0.1) is 12.4 Å². The molecule has 0 bridgehead atoms. The minimum Gasteiger partial charge on any atom is -0.508 e. The number of nitrogens with one attached hydrogen (secondary N) is 1. The number of alkyl halides is 3. The van der Waals surface area contributed by atoms with E-state index < -0.39 is 11.9 Å². The molecule has 130 valence electrons. The molecule has 0 saturated carbocycles. The molecule has 2 heterocycles. The van der Waals surface area contributed by atoms with Crippen molar-refractivity contribution in [2.75, 3.05) is 5.32 Å². The molecule has 0 radical (unpaired) electrons. The Morgan fingerprint density at radius 1 is 0.960 bits per heavy atom. The molecule has 0 aliphatic heterocycles. The number of nitrogens with zero attached hydrogens (tertiary/aromatic N) is 3. The Balaban J connectivity index is 0.00000225. The highest BCUT2D eigenvalue weighted by Crippen LogP contribution is 2.31. The summed E-state index contributed by atoms with van der Waals surface area (Å²) in [7, 11) is 0. The summed E-state index contributed by atoms with van der Waals surface area (Å²) < 4.78 is 39.3. The van der Waals surface area contributed by atoms with E-state index in [0.29, 0.717) is 5.69 Å². The fourth-order valence-electron chi connectivity index (χ4n) is 2.00. The normalized spacial score (nSPS) is 10.8. The molecule has 0 fully saturated rings. The lowest BCUT2D eigenvalue weighted by Crippen LogP contribution is -2.11. The van der Waals surface area contributed by atoms with Crippen LogP contribution >= 0.6 is 12.4 Å². The van der Waals surface area contributed by atoms with E-state index >= 15 is 0 Å². The third-order valence-corrected chi connectivity index (χ3v) is 3.03. The van der Waals surface area contributed by atoms with Crippen LogP contribution in [0.25, 0.3) is 11.5 Å². The summed E-state index contributed by atoms with van der Waals surface area (Å²) in [4.78, 5) is 11.6. The molecule has 0 spiro atoms. The number of aromatic nitrogens is 3. The van der Waals surface area contributed by atoms with E-state index in [-0.39, 0.29) is 35.5 Å².